The Morgan fingerprint density at radius 3 is 2.63 bits per heavy atom. The largest absolute Gasteiger partial charge is 0.472 e. The minimum absolute atomic E-state index is 0.0129. The number of nitrogen functional groups attached to an aromatic ring is 1. The first kappa shape index (κ1) is 30.1. The second kappa shape index (κ2) is 11.2. The number of aromatic amines is 1. The van der Waals surface area contributed by atoms with Crippen LogP contribution >= 0.6 is 15.6 Å². The average Bonchev–Trinajstić information content (AvgIpc) is 3.57. The summed E-state index contributed by atoms with van der Waals surface area (Å²) >= 11 is 0. The zero-order chi connectivity index (χ0) is 30.7. The van der Waals surface area contributed by atoms with Crippen LogP contribution in [0.4, 0.5) is 16.2 Å². The lowest BCUT2D eigenvalue weighted by molar-refractivity contribution is -0.0593. The van der Waals surface area contributed by atoms with Crippen LogP contribution in [0.25, 0.3) is 11.2 Å². The number of nitrogens with zero attached hydrogens (tertiary/aromatic N) is 5. The molecular weight excluding hydrogens is 621 g/mol. The maximum absolute atomic E-state index is 14.1. The summed E-state index contributed by atoms with van der Waals surface area (Å²) in [5.74, 6) is -3.00. The standard InChI is InChI=1S/C21H27FN8O11P2/c1-8-12-5-38-43(35,36)41-16-9(2-11(14(16)31)27-17-10(22)3-24-6-25-17)4-37-42(33,34)40-15(8)20(39-12)30-7-26-13-18(30)28-21(23)29-19(13)32/h3,6-9,11-12,14-16,20,31H,2,4-5H2,1H3,(H,33,34)(H,35,36)(H,24,25,27)(H3,23,28,29,32)/t8-,9-,11-,12-,14+,15-,16-,20-/m1/s1. The van der Waals surface area contributed by atoms with Gasteiger partial charge in [0.05, 0.1) is 37.9 Å². The lowest BCUT2D eigenvalue weighted by Crippen LogP contribution is -2.37. The molecule has 2 saturated heterocycles. The predicted octanol–water partition coefficient (Wildman–Crippen LogP) is 0.0439. The van der Waals surface area contributed by atoms with Crippen molar-refractivity contribution in [2.75, 3.05) is 24.3 Å². The van der Waals surface area contributed by atoms with Crippen molar-refractivity contribution in [3.63, 3.8) is 0 Å². The number of H-pyrrole nitrogens is 1. The fourth-order valence-electron chi connectivity index (χ4n) is 5.43. The summed E-state index contributed by atoms with van der Waals surface area (Å²) in [6.07, 6.45) is -3.35. The van der Waals surface area contributed by atoms with Gasteiger partial charge in [-0.1, -0.05) is 6.92 Å². The zero-order valence-electron chi connectivity index (χ0n) is 22.2. The second-order valence-electron chi connectivity index (χ2n) is 10.3. The summed E-state index contributed by atoms with van der Waals surface area (Å²) in [6, 6.07) is -0.976. The third-order valence-electron chi connectivity index (χ3n) is 7.55. The van der Waals surface area contributed by atoms with Crippen LogP contribution in [0.5, 0.6) is 0 Å². The average molecular weight is 648 g/mol. The molecule has 2 bridgehead atoms. The van der Waals surface area contributed by atoms with E-state index in [2.05, 4.69) is 30.2 Å². The highest BCUT2D eigenvalue weighted by Crippen LogP contribution is 2.55. The molecule has 5 heterocycles. The molecule has 19 nitrogen and oxygen atoms in total. The maximum atomic E-state index is 14.1. The van der Waals surface area contributed by atoms with E-state index < -0.39 is 88.8 Å². The van der Waals surface area contributed by atoms with Crippen molar-refractivity contribution in [2.24, 2.45) is 11.8 Å². The molecule has 2 unspecified atom stereocenters. The van der Waals surface area contributed by atoms with E-state index in [1.54, 1.807) is 6.92 Å². The Morgan fingerprint density at radius 2 is 1.88 bits per heavy atom. The Kier molecular flexibility index (Phi) is 7.87. The second-order valence-corrected chi connectivity index (χ2v) is 13.1. The van der Waals surface area contributed by atoms with Crippen molar-refractivity contribution >= 4 is 38.6 Å². The number of hydrogen-bond donors (Lipinski definition) is 6. The number of anilines is 2. The quantitative estimate of drug-likeness (QED) is 0.205. The molecule has 7 N–H and O–H groups in total. The molecule has 2 aliphatic heterocycles. The number of aliphatic hydroxyl groups is 1. The van der Waals surface area contributed by atoms with Crippen molar-refractivity contribution in [1.82, 2.24) is 29.5 Å². The van der Waals surface area contributed by atoms with Crippen LogP contribution in [-0.4, -0.2) is 88.1 Å². The van der Waals surface area contributed by atoms with Gasteiger partial charge in [-0.2, -0.15) is 4.98 Å². The summed E-state index contributed by atoms with van der Waals surface area (Å²) in [5.41, 5.74) is 4.95. The molecular formula is C21H27FN8O11P2. The molecule has 3 aromatic heterocycles. The molecule has 1 aliphatic carbocycles. The van der Waals surface area contributed by atoms with E-state index in [4.69, 9.17) is 28.6 Å². The monoisotopic (exact) mass is 648 g/mol. The number of ether oxygens (including phenoxy) is 1. The van der Waals surface area contributed by atoms with Crippen molar-refractivity contribution in [1.29, 1.82) is 0 Å². The van der Waals surface area contributed by atoms with E-state index in [1.165, 1.54) is 10.9 Å². The van der Waals surface area contributed by atoms with Crippen molar-refractivity contribution < 1.29 is 51.2 Å². The highest BCUT2D eigenvalue weighted by molar-refractivity contribution is 7.47. The molecule has 0 aromatic carbocycles. The minimum atomic E-state index is -4.89. The first-order valence-electron chi connectivity index (χ1n) is 12.9. The van der Waals surface area contributed by atoms with Crippen LogP contribution in [0.15, 0.2) is 23.6 Å². The van der Waals surface area contributed by atoms with Crippen molar-refractivity contribution in [3.8, 4) is 0 Å². The number of nitrogens with one attached hydrogen (secondary N) is 2. The number of rotatable bonds is 3. The molecule has 3 aliphatic rings. The van der Waals surface area contributed by atoms with Gasteiger partial charge in [-0.25, -0.2) is 28.5 Å². The third kappa shape index (κ3) is 5.95. The number of phosphoric ester groups is 2. The molecule has 22 heteroatoms. The van der Waals surface area contributed by atoms with Gasteiger partial charge in [-0.05, 0) is 6.42 Å². The summed E-state index contributed by atoms with van der Waals surface area (Å²) in [6.45, 7) is 0.444. The van der Waals surface area contributed by atoms with Crippen molar-refractivity contribution in [2.45, 2.75) is 50.0 Å². The Balaban J connectivity index is 1.29. The molecule has 3 fully saturated rings. The highest BCUT2D eigenvalue weighted by Gasteiger charge is 2.52. The fourth-order valence-corrected chi connectivity index (χ4v) is 7.47. The van der Waals surface area contributed by atoms with Gasteiger partial charge in [0.15, 0.2) is 29.0 Å². The maximum Gasteiger partial charge on any atom is 0.472 e. The minimum Gasteiger partial charge on any atom is -0.388 e. The highest BCUT2D eigenvalue weighted by atomic mass is 31.2. The first-order valence-corrected chi connectivity index (χ1v) is 15.9. The van der Waals surface area contributed by atoms with Gasteiger partial charge in [-0.15, -0.1) is 0 Å². The summed E-state index contributed by atoms with van der Waals surface area (Å²) < 4.78 is 69.0. The summed E-state index contributed by atoms with van der Waals surface area (Å²) in [4.78, 5) is 51.3. The number of aromatic nitrogens is 6. The van der Waals surface area contributed by atoms with Crippen LogP contribution in [0.3, 0.4) is 0 Å². The van der Waals surface area contributed by atoms with Crippen LogP contribution in [0.1, 0.15) is 19.6 Å². The Bertz CT molecular complexity index is 1680. The molecule has 43 heavy (non-hydrogen) atoms. The van der Waals surface area contributed by atoms with Gasteiger partial charge in [0.1, 0.15) is 24.6 Å². The van der Waals surface area contributed by atoms with Crippen LogP contribution in [0.2, 0.25) is 0 Å². The van der Waals surface area contributed by atoms with Crippen LogP contribution in [-0.2, 0) is 32.0 Å². The molecule has 234 valence electrons. The lowest BCUT2D eigenvalue weighted by atomic mass is 10.0. The number of phosphoric acid groups is 2. The molecule has 0 amide bonds. The van der Waals surface area contributed by atoms with Crippen LogP contribution in [0, 0.1) is 17.7 Å². The normalized spacial score (nSPS) is 38.6. The number of nitrogens with two attached hydrogens (primary N) is 1. The Morgan fingerprint density at radius 1 is 1.16 bits per heavy atom. The first-order chi connectivity index (χ1) is 20.3. The molecule has 6 rings (SSSR count). The van der Waals surface area contributed by atoms with E-state index in [-0.39, 0.29) is 29.4 Å². The van der Waals surface area contributed by atoms with E-state index in [0.717, 1.165) is 12.5 Å². The number of imidazole rings is 1. The number of halogens is 1. The van der Waals surface area contributed by atoms with E-state index in [0.29, 0.717) is 0 Å². The van der Waals surface area contributed by atoms with Gasteiger partial charge in [0, 0.05) is 11.8 Å². The van der Waals surface area contributed by atoms with Crippen LogP contribution < -0.4 is 16.6 Å². The van der Waals surface area contributed by atoms with E-state index >= 15 is 0 Å². The van der Waals surface area contributed by atoms with Gasteiger partial charge in [0.2, 0.25) is 5.95 Å². The molecule has 0 radical (unpaired) electrons. The fraction of sp³-hybridized carbons (Fsp3) is 0.571. The molecule has 0 spiro atoms. The van der Waals surface area contributed by atoms with E-state index in [1.807, 2.05) is 0 Å². The summed E-state index contributed by atoms with van der Waals surface area (Å²) in [5, 5.41) is 13.6. The topological polar surface area (TPSA) is 268 Å². The smallest absolute Gasteiger partial charge is 0.388 e. The van der Waals surface area contributed by atoms with E-state index in [9.17, 15) is 33.2 Å². The van der Waals surface area contributed by atoms with Gasteiger partial charge < -0.3 is 30.7 Å². The summed E-state index contributed by atoms with van der Waals surface area (Å²) in [7, 11) is -9.78. The lowest BCUT2D eigenvalue weighted by Gasteiger charge is -2.27. The van der Waals surface area contributed by atoms with Crippen molar-refractivity contribution in [3.05, 3.63) is 35.0 Å². The zero-order valence-corrected chi connectivity index (χ0v) is 24.0. The number of aliphatic hydroxyl groups excluding tert-OH is 1. The molecule has 10 atom stereocenters. The molecule has 1 saturated carbocycles. The SMILES string of the molecule is C[C@H]1[C@H]2OP(=O)(O)OC[C@H]3C[C@@H](Nc4ncncc4F)[C@H](O)[C@@H]3OP(=O)(O)OC[C@H]1O[C@H]2n1cnc2c(=O)[nH]c(N)nc21. The van der Waals surface area contributed by atoms with Gasteiger partial charge in [-0.3, -0.25) is 32.4 Å². The van der Waals surface area contributed by atoms with Gasteiger partial charge in [0.25, 0.3) is 5.56 Å². The predicted molar refractivity (Wildman–Crippen MR) is 140 cm³/mol. The Hall–Kier alpha value is -2.90. The number of fused-ring (bicyclic) bond motifs is 4. The van der Waals surface area contributed by atoms with Gasteiger partial charge >= 0.3 is 15.6 Å². The molecule has 3 aromatic rings. The third-order valence-corrected chi connectivity index (χ3v) is 9.52. The number of hydrogen-bond acceptors (Lipinski definition) is 15. The Labute approximate surface area is 240 Å².